The summed E-state index contributed by atoms with van der Waals surface area (Å²) in [5.41, 5.74) is 0.676. The van der Waals surface area contributed by atoms with Crippen LogP contribution in [0.2, 0.25) is 0 Å². The number of aliphatic imine (C=N–C) groups is 1. The number of fused-ring (bicyclic) bond motifs is 2. The molecule has 10 nitrogen and oxygen atoms in total. The van der Waals surface area contributed by atoms with Gasteiger partial charge in [-0.3, -0.25) is 4.79 Å². The van der Waals surface area contributed by atoms with E-state index in [1.807, 2.05) is 23.1 Å². The summed E-state index contributed by atoms with van der Waals surface area (Å²) in [6, 6.07) is 11.0. The minimum atomic E-state index is -0.655. The fourth-order valence-corrected chi connectivity index (χ4v) is 4.16. The summed E-state index contributed by atoms with van der Waals surface area (Å²) >= 11 is 0. The van der Waals surface area contributed by atoms with Crippen molar-refractivity contribution in [1.29, 1.82) is 0 Å². The van der Waals surface area contributed by atoms with E-state index in [4.69, 9.17) is 23.9 Å². The van der Waals surface area contributed by atoms with Crippen LogP contribution in [0.25, 0.3) is 10.9 Å². The van der Waals surface area contributed by atoms with Gasteiger partial charge >= 0.3 is 0 Å². The van der Waals surface area contributed by atoms with Crippen molar-refractivity contribution in [3.63, 3.8) is 0 Å². The van der Waals surface area contributed by atoms with Crippen LogP contribution in [0.1, 0.15) is 0 Å². The molecule has 176 valence electrons. The van der Waals surface area contributed by atoms with E-state index in [-0.39, 0.29) is 12.5 Å². The normalized spacial score (nSPS) is 17.4. The zero-order valence-electron chi connectivity index (χ0n) is 19.1. The van der Waals surface area contributed by atoms with Crippen molar-refractivity contribution >= 4 is 35.3 Å². The highest BCUT2D eigenvalue weighted by molar-refractivity contribution is 5.92. The highest BCUT2D eigenvalue weighted by Gasteiger charge is 2.33. The minimum absolute atomic E-state index is 0.0844. The maximum Gasteiger partial charge on any atom is 0.267 e. The number of carbonyl (C=O) groups is 1. The minimum Gasteiger partial charge on any atom is -0.493 e. The zero-order valence-corrected chi connectivity index (χ0v) is 19.1. The van der Waals surface area contributed by atoms with Gasteiger partial charge in [0.1, 0.15) is 6.61 Å². The largest absolute Gasteiger partial charge is 0.493 e. The van der Waals surface area contributed by atoms with Gasteiger partial charge in [-0.2, -0.15) is 4.98 Å². The number of rotatable bonds is 5. The van der Waals surface area contributed by atoms with Crippen LogP contribution >= 0.6 is 0 Å². The predicted molar refractivity (Wildman–Crippen MR) is 127 cm³/mol. The maximum atomic E-state index is 13.0. The Labute approximate surface area is 196 Å². The lowest BCUT2D eigenvalue weighted by Crippen LogP contribution is -2.54. The Hall–Kier alpha value is -4.08. The quantitative estimate of drug-likeness (QED) is 0.532. The van der Waals surface area contributed by atoms with E-state index >= 15 is 0 Å². The topological polar surface area (TPSA) is 98.6 Å². The first kappa shape index (κ1) is 21.7. The number of methoxy groups -OCH3 is 2. The molecule has 10 heteroatoms. The Balaban J connectivity index is 1.31. The first-order chi connectivity index (χ1) is 16.6. The molecule has 1 unspecified atom stereocenters. The molecule has 1 saturated heterocycles. The molecular formula is C24H25N5O5. The number of nitrogens with zero attached hydrogens (tertiary/aromatic N) is 5. The van der Waals surface area contributed by atoms with Crippen molar-refractivity contribution in [2.75, 3.05) is 51.9 Å². The fourth-order valence-electron chi connectivity index (χ4n) is 4.16. The Morgan fingerprint density at radius 2 is 1.76 bits per heavy atom. The van der Waals surface area contributed by atoms with Gasteiger partial charge in [-0.15, -0.1) is 0 Å². The van der Waals surface area contributed by atoms with Gasteiger partial charge in [0.05, 0.1) is 19.7 Å². The van der Waals surface area contributed by atoms with Crippen molar-refractivity contribution in [2.45, 2.75) is 6.10 Å². The molecule has 1 fully saturated rings. The molecule has 0 bridgehead atoms. The molecule has 34 heavy (non-hydrogen) atoms. The lowest BCUT2D eigenvalue weighted by Gasteiger charge is -2.37. The van der Waals surface area contributed by atoms with Crippen molar-refractivity contribution in [1.82, 2.24) is 14.9 Å². The van der Waals surface area contributed by atoms with Crippen LogP contribution in [-0.2, 0) is 4.79 Å². The summed E-state index contributed by atoms with van der Waals surface area (Å²) in [5.74, 6) is 3.30. The van der Waals surface area contributed by atoms with E-state index in [9.17, 15) is 4.79 Å². The van der Waals surface area contributed by atoms with Gasteiger partial charge < -0.3 is 28.7 Å². The Morgan fingerprint density at radius 3 is 2.47 bits per heavy atom. The number of anilines is 1. The number of hydrogen-bond acceptors (Lipinski definition) is 9. The number of para-hydroxylation sites is 2. The Kier molecular flexibility index (Phi) is 5.79. The highest BCUT2D eigenvalue weighted by Crippen LogP contribution is 2.36. The van der Waals surface area contributed by atoms with Gasteiger partial charge in [-0.1, -0.05) is 12.1 Å². The fraction of sp³-hybridized carbons (Fsp3) is 0.333. The number of amides is 1. The third kappa shape index (κ3) is 3.91. The summed E-state index contributed by atoms with van der Waals surface area (Å²) in [7, 11) is 3.15. The summed E-state index contributed by atoms with van der Waals surface area (Å²) in [5, 5.41) is 0.722. The molecule has 2 aliphatic rings. The summed E-state index contributed by atoms with van der Waals surface area (Å²) in [6.07, 6.45) is -0.655. The second kappa shape index (κ2) is 9.05. The van der Waals surface area contributed by atoms with Gasteiger partial charge in [-0.25, -0.2) is 9.98 Å². The molecule has 1 amide bonds. The molecular weight excluding hydrogens is 438 g/mol. The van der Waals surface area contributed by atoms with E-state index in [1.165, 1.54) is 0 Å². The SMILES string of the molecule is C=Nc1nc(N2CCN(C(=O)C3COc4ccccc4O3)CC2)nc2cc(OC)c(OC)cc12. The monoisotopic (exact) mass is 463 g/mol. The van der Waals surface area contributed by atoms with Gasteiger partial charge in [-0.05, 0) is 24.9 Å². The molecule has 2 aliphatic heterocycles. The summed E-state index contributed by atoms with van der Waals surface area (Å²) in [6.45, 7) is 6.04. The standard InChI is InChI=1S/C24H25N5O5/c1-25-22-15-12-19(31-2)20(32-3)13-16(15)26-24(27-22)29-10-8-28(9-11-29)23(30)21-14-33-17-6-4-5-7-18(17)34-21/h4-7,12-13,21H,1,8-11,14H2,2-3H3. The molecule has 2 aromatic carbocycles. The number of carbonyl (C=O) groups excluding carboxylic acids is 1. The summed E-state index contributed by atoms with van der Waals surface area (Å²) in [4.78, 5) is 30.3. The smallest absolute Gasteiger partial charge is 0.267 e. The number of piperazine rings is 1. The lowest BCUT2D eigenvalue weighted by molar-refractivity contribution is -0.141. The maximum absolute atomic E-state index is 13.0. The van der Waals surface area contributed by atoms with E-state index in [0.717, 1.165) is 5.39 Å². The number of hydrogen-bond donors (Lipinski definition) is 0. The number of aromatic nitrogens is 2. The van der Waals surface area contributed by atoms with E-state index in [0.29, 0.717) is 66.5 Å². The van der Waals surface area contributed by atoms with Crippen molar-refractivity contribution in [3.05, 3.63) is 36.4 Å². The molecule has 3 aromatic rings. The molecule has 0 radical (unpaired) electrons. The van der Waals surface area contributed by atoms with Crippen molar-refractivity contribution < 1.29 is 23.7 Å². The third-order valence-corrected chi connectivity index (χ3v) is 5.98. The Bertz CT molecular complexity index is 1240. The Morgan fingerprint density at radius 1 is 1.06 bits per heavy atom. The molecule has 3 heterocycles. The molecule has 1 aromatic heterocycles. The van der Waals surface area contributed by atoms with Crippen LogP contribution in [-0.4, -0.2) is 80.6 Å². The zero-order chi connectivity index (χ0) is 23.7. The second-order valence-electron chi connectivity index (χ2n) is 7.91. The van der Waals surface area contributed by atoms with Gasteiger partial charge in [0, 0.05) is 37.6 Å². The van der Waals surface area contributed by atoms with E-state index in [2.05, 4.69) is 16.7 Å². The van der Waals surface area contributed by atoms with Crippen molar-refractivity contribution in [3.8, 4) is 23.0 Å². The summed E-state index contributed by atoms with van der Waals surface area (Å²) < 4.78 is 22.4. The van der Waals surface area contributed by atoms with Crippen LogP contribution in [0.4, 0.5) is 11.8 Å². The lowest BCUT2D eigenvalue weighted by atomic mass is 10.2. The average molecular weight is 463 g/mol. The molecule has 5 rings (SSSR count). The molecule has 1 atom stereocenters. The van der Waals surface area contributed by atoms with Crippen LogP contribution < -0.4 is 23.8 Å². The van der Waals surface area contributed by atoms with Gasteiger partial charge in [0.2, 0.25) is 12.1 Å². The van der Waals surface area contributed by atoms with E-state index in [1.54, 1.807) is 37.3 Å². The predicted octanol–water partition coefficient (Wildman–Crippen LogP) is 2.47. The second-order valence-corrected chi connectivity index (χ2v) is 7.91. The van der Waals surface area contributed by atoms with E-state index < -0.39 is 6.10 Å². The van der Waals surface area contributed by atoms with Crippen LogP contribution in [0.15, 0.2) is 41.4 Å². The highest BCUT2D eigenvalue weighted by atomic mass is 16.6. The number of benzene rings is 2. The molecule has 0 aliphatic carbocycles. The van der Waals surface area contributed by atoms with Crippen LogP contribution in [0.5, 0.6) is 23.0 Å². The van der Waals surface area contributed by atoms with Gasteiger partial charge in [0.25, 0.3) is 5.91 Å². The van der Waals surface area contributed by atoms with Gasteiger partial charge in [0.15, 0.2) is 28.8 Å². The molecule has 0 saturated carbocycles. The van der Waals surface area contributed by atoms with Crippen molar-refractivity contribution in [2.24, 2.45) is 4.99 Å². The number of ether oxygens (including phenoxy) is 4. The molecule has 0 N–H and O–H groups in total. The van der Waals surface area contributed by atoms with Crippen LogP contribution in [0.3, 0.4) is 0 Å². The first-order valence-corrected chi connectivity index (χ1v) is 10.9. The molecule has 0 spiro atoms. The average Bonchev–Trinajstić information content (AvgIpc) is 2.90. The van der Waals surface area contributed by atoms with Crippen LogP contribution in [0, 0.1) is 0 Å². The third-order valence-electron chi connectivity index (χ3n) is 5.98. The first-order valence-electron chi connectivity index (χ1n) is 10.9.